The zero-order valence-corrected chi connectivity index (χ0v) is 22.0. The molecule has 0 unspecified atom stereocenters. The summed E-state index contributed by atoms with van der Waals surface area (Å²) in [6.07, 6.45) is 2.62. The Hall–Kier alpha value is -1.82. The molecule has 1 aromatic heterocycles. The topological polar surface area (TPSA) is 97.9 Å². The van der Waals surface area contributed by atoms with Gasteiger partial charge in [-0.25, -0.2) is 5.10 Å². The van der Waals surface area contributed by atoms with E-state index in [0.29, 0.717) is 68.9 Å². The predicted octanol–water partition coefficient (Wildman–Crippen LogP) is 2.89. The van der Waals surface area contributed by atoms with Gasteiger partial charge in [0, 0.05) is 32.3 Å². The van der Waals surface area contributed by atoms with E-state index in [1.807, 2.05) is 13.0 Å². The Morgan fingerprint density at radius 3 is 2.34 bits per heavy atom. The van der Waals surface area contributed by atoms with Gasteiger partial charge < -0.3 is 24.3 Å². The van der Waals surface area contributed by atoms with Crippen molar-refractivity contribution in [1.82, 2.24) is 15.1 Å². The first-order valence-electron chi connectivity index (χ1n) is 12.2. The zero-order chi connectivity index (χ0) is 24.7. The monoisotopic (exact) mass is 552 g/mol. The summed E-state index contributed by atoms with van der Waals surface area (Å²) in [5.41, 5.74) is 1.79. The summed E-state index contributed by atoms with van der Waals surface area (Å²) in [5.74, 6) is 0.391. The first-order chi connectivity index (χ1) is 17.2. The maximum atomic E-state index is 11.9. The Bertz CT molecular complexity index is 901. The van der Waals surface area contributed by atoms with Gasteiger partial charge in [0.25, 0.3) is 5.56 Å². The van der Waals surface area contributed by atoms with Crippen LogP contribution in [0.25, 0.3) is 0 Å². The lowest BCUT2D eigenvalue weighted by Crippen LogP contribution is -2.46. The molecule has 194 valence electrons. The molecule has 0 spiro atoms. The standard InChI is InChI=1S/C25H37BrN4O5/c1-2-32-10-11-34-14-15-35-13-12-33-9-8-30-18-21(20-6-4-3-5-7-20)16-22(19-30)28-23-17-27-29-25(31)24(23)26/h3-7,17,21-22H,2,8-16,18-19H2,1H3,(H2,28,29,31)/t21-,22+/m0/s1. The van der Waals surface area contributed by atoms with Crippen molar-refractivity contribution in [2.75, 3.05) is 77.8 Å². The highest BCUT2D eigenvalue weighted by molar-refractivity contribution is 9.10. The van der Waals surface area contributed by atoms with Gasteiger partial charge in [0.1, 0.15) is 4.47 Å². The molecule has 0 bridgehead atoms. The third-order valence-electron chi connectivity index (χ3n) is 5.82. The number of halogens is 1. The molecular weight excluding hydrogens is 516 g/mol. The number of aromatic nitrogens is 2. The van der Waals surface area contributed by atoms with Crippen LogP contribution in [0.2, 0.25) is 0 Å². The summed E-state index contributed by atoms with van der Waals surface area (Å²) in [4.78, 5) is 14.3. The molecule has 35 heavy (non-hydrogen) atoms. The van der Waals surface area contributed by atoms with Crippen LogP contribution >= 0.6 is 15.9 Å². The van der Waals surface area contributed by atoms with Crippen LogP contribution in [0.3, 0.4) is 0 Å². The van der Waals surface area contributed by atoms with Gasteiger partial charge in [-0.05, 0) is 40.8 Å². The van der Waals surface area contributed by atoms with Crippen molar-refractivity contribution in [3.63, 3.8) is 0 Å². The van der Waals surface area contributed by atoms with E-state index in [0.717, 1.165) is 26.1 Å². The lowest BCUT2D eigenvalue weighted by molar-refractivity contribution is -0.00346. The molecule has 1 aliphatic rings. The molecule has 0 saturated carbocycles. The van der Waals surface area contributed by atoms with E-state index in [9.17, 15) is 4.79 Å². The van der Waals surface area contributed by atoms with Crippen molar-refractivity contribution >= 4 is 21.6 Å². The zero-order valence-electron chi connectivity index (χ0n) is 20.4. The minimum atomic E-state index is -0.241. The van der Waals surface area contributed by atoms with Crippen LogP contribution in [0.15, 0.2) is 45.8 Å². The van der Waals surface area contributed by atoms with Crippen LogP contribution in [0, 0.1) is 0 Å². The van der Waals surface area contributed by atoms with Gasteiger partial charge in [0.2, 0.25) is 0 Å². The fourth-order valence-electron chi connectivity index (χ4n) is 4.15. The molecule has 0 aliphatic carbocycles. The molecule has 2 atom stereocenters. The molecule has 2 heterocycles. The Kier molecular flexibility index (Phi) is 12.7. The van der Waals surface area contributed by atoms with Gasteiger partial charge in [0.05, 0.1) is 58.1 Å². The number of aromatic amines is 1. The second-order valence-electron chi connectivity index (χ2n) is 8.40. The number of ether oxygens (including phenoxy) is 4. The first kappa shape index (κ1) is 27.8. The molecule has 1 aliphatic heterocycles. The number of H-pyrrole nitrogens is 1. The molecule has 1 saturated heterocycles. The number of anilines is 1. The largest absolute Gasteiger partial charge is 0.379 e. The minimum Gasteiger partial charge on any atom is -0.379 e. The molecule has 0 amide bonds. The van der Waals surface area contributed by atoms with Gasteiger partial charge >= 0.3 is 0 Å². The van der Waals surface area contributed by atoms with Crippen molar-refractivity contribution in [3.05, 3.63) is 56.9 Å². The normalized spacial score (nSPS) is 18.6. The van der Waals surface area contributed by atoms with E-state index < -0.39 is 0 Å². The molecule has 2 N–H and O–H groups in total. The van der Waals surface area contributed by atoms with Gasteiger partial charge in [-0.15, -0.1) is 0 Å². The summed E-state index contributed by atoms with van der Waals surface area (Å²) >= 11 is 3.37. The summed E-state index contributed by atoms with van der Waals surface area (Å²) in [6, 6.07) is 10.8. The molecular formula is C25H37BrN4O5. The van der Waals surface area contributed by atoms with Crippen LogP contribution in [0.1, 0.15) is 24.8 Å². The minimum absolute atomic E-state index is 0.180. The number of nitrogens with zero attached hydrogens (tertiary/aromatic N) is 2. The smallest absolute Gasteiger partial charge is 0.280 e. The van der Waals surface area contributed by atoms with Gasteiger partial charge in [-0.1, -0.05) is 30.3 Å². The van der Waals surface area contributed by atoms with Crippen molar-refractivity contribution < 1.29 is 18.9 Å². The lowest BCUT2D eigenvalue weighted by Gasteiger charge is -2.38. The van der Waals surface area contributed by atoms with E-state index in [1.165, 1.54) is 5.56 Å². The third kappa shape index (κ3) is 9.98. The molecule has 1 fully saturated rings. The molecule has 9 nitrogen and oxygen atoms in total. The highest BCUT2D eigenvalue weighted by Gasteiger charge is 2.28. The number of nitrogens with one attached hydrogen (secondary N) is 2. The number of rotatable bonds is 16. The second kappa shape index (κ2) is 16.0. The molecule has 0 radical (unpaired) electrons. The van der Waals surface area contributed by atoms with Crippen LogP contribution < -0.4 is 10.9 Å². The Balaban J connectivity index is 1.41. The Morgan fingerprint density at radius 2 is 1.66 bits per heavy atom. The van der Waals surface area contributed by atoms with Gasteiger partial charge in [0.15, 0.2) is 0 Å². The van der Waals surface area contributed by atoms with Crippen LogP contribution in [0.4, 0.5) is 5.69 Å². The van der Waals surface area contributed by atoms with E-state index in [-0.39, 0.29) is 11.6 Å². The van der Waals surface area contributed by atoms with E-state index in [4.69, 9.17) is 18.9 Å². The van der Waals surface area contributed by atoms with Crippen molar-refractivity contribution in [3.8, 4) is 0 Å². The van der Waals surface area contributed by atoms with Crippen molar-refractivity contribution in [2.24, 2.45) is 0 Å². The van der Waals surface area contributed by atoms with Crippen molar-refractivity contribution in [1.29, 1.82) is 0 Å². The molecule has 2 aromatic rings. The highest BCUT2D eigenvalue weighted by Crippen LogP contribution is 2.29. The maximum Gasteiger partial charge on any atom is 0.280 e. The SMILES string of the molecule is CCOCCOCCOCCOCCN1C[C@H](Nc2cn[nH]c(=O)c2Br)C[C@H](c2ccccc2)C1. The average molecular weight is 553 g/mol. The van der Waals surface area contributed by atoms with Crippen LogP contribution in [-0.2, 0) is 18.9 Å². The summed E-state index contributed by atoms with van der Waals surface area (Å²) in [6.45, 7) is 9.42. The molecule has 10 heteroatoms. The maximum absolute atomic E-state index is 11.9. The lowest BCUT2D eigenvalue weighted by atomic mass is 9.88. The highest BCUT2D eigenvalue weighted by atomic mass is 79.9. The van der Waals surface area contributed by atoms with E-state index in [1.54, 1.807) is 6.20 Å². The number of piperidine rings is 1. The summed E-state index contributed by atoms with van der Waals surface area (Å²) < 4.78 is 22.5. The predicted molar refractivity (Wildman–Crippen MR) is 139 cm³/mol. The number of hydrogen-bond acceptors (Lipinski definition) is 8. The van der Waals surface area contributed by atoms with E-state index >= 15 is 0 Å². The third-order valence-corrected chi connectivity index (χ3v) is 6.61. The number of likely N-dealkylation sites (tertiary alicyclic amines) is 1. The fraction of sp³-hybridized carbons (Fsp3) is 0.600. The number of hydrogen-bond donors (Lipinski definition) is 2. The summed E-state index contributed by atoms with van der Waals surface area (Å²) in [7, 11) is 0. The summed E-state index contributed by atoms with van der Waals surface area (Å²) in [5, 5.41) is 9.89. The quantitative estimate of drug-likeness (QED) is 0.307. The molecule has 3 rings (SSSR count). The van der Waals surface area contributed by atoms with Gasteiger partial charge in [-0.2, -0.15) is 5.10 Å². The first-order valence-corrected chi connectivity index (χ1v) is 13.0. The van der Waals surface area contributed by atoms with Crippen LogP contribution in [0.5, 0.6) is 0 Å². The van der Waals surface area contributed by atoms with E-state index in [2.05, 4.69) is 60.6 Å². The Labute approximate surface area is 215 Å². The fourth-order valence-corrected chi connectivity index (χ4v) is 4.45. The van der Waals surface area contributed by atoms with Crippen LogP contribution in [-0.4, -0.2) is 93.6 Å². The second-order valence-corrected chi connectivity index (χ2v) is 9.20. The molecule has 1 aromatic carbocycles. The average Bonchev–Trinajstić information content (AvgIpc) is 2.88. The number of benzene rings is 1. The Morgan fingerprint density at radius 1 is 1.00 bits per heavy atom. The van der Waals surface area contributed by atoms with Crippen molar-refractivity contribution in [2.45, 2.75) is 25.3 Å². The van der Waals surface area contributed by atoms with Gasteiger partial charge in [-0.3, -0.25) is 9.69 Å².